The Balaban J connectivity index is 0.000000409. The fourth-order valence-corrected chi connectivity index (χ4v) is 3.32. The van der Waals surface area contributed by atoms with Gasteiger partial charge < -0.3 is 15.2 Å². The third-order valence-corrected chi connectivity index (χ3v) is 5.45. The molecule has 3 aliphatic heterocycles. The molecule has 1 unspecified atom stereocenters. The van der Waals surface area contributed by atoms with Crippen LogP contribution >= 0.6 is 0 Å². The minimum absolute atomic E-state index is 0.0127. The first-order valence-electron chi connectivity index (χ1n) is 10.8. The maximum absolute atomic E-state index is 11.1. The maximum atomic E-state index is 11.1. The molecule has 26 heavy (non-hydrogen) atoms. The third kappa shape index (κ3) is 7.93. The Bertz CT molecular complexity index is 353. The first kappa shape index (κ1) is 25.4. The molecular weight excluding hydrogens is 328 g/mol. The zero-order chi connectivity index (χ0) is 20.0. The van der Waals surface area contributed by atoms with E-state index < -0.39 is 5.41 Å². The molecule has 3 saturated heterocycles. The Kier molecular flexibility index (Phi) is 14.1. The first-order chi connectivity index (χ1) is 12.6. The molecule has 0 aromatic carbocycles. The maximum Gasteiger partial charge on any atom is 0.228 e. The minimum atomic E-state index is -0.516. The second-order valence-corrected chi connectivity index (χ2v) is 7.16. The molecule has 5 nitrogen and oxygen atoms in total. The monoisotopic (exact) mass is 372 g/mol. The lowest BCUT2D eigenvalue weighted by molar-refractivity contribution is -0.134. The van der Waals surface area contributed by atoms with Crippen LogP contribution in [-0.4, -0.2) is 61.4 Å². The number of nitrogens with one attached hydrogen (secondary N) is 1. The molecule has 0 aromatic heterocycles. The number of rotatable bonds is 3. The van der Waals surface area contributed by atoms with Crippen molar-refractivity contribution in [2.75, 3.05) is 39.5 Å². The smallest absolute Gasteiger partial charge is 0.228 e. The topological polar surface area (TPSA) is 61.8 Å². The van der Waals surface area contributed by atoms with Gasteiger partial charge in [-0.25, -0.2) is 0 Å². The molecule has 3 heterocycles. The van der Waals surface area contributed by atoms with E-state index in [2.05, 4.69) is 17.1 Å². The van der Waals surface area contributed by atoms with E-state index in [0.717, 1.165) is 44.6 Å². The van der Waals surface area contributed by atoms with E-state index in [4.69, 9.17) is 9.84 Å². The summed E-state index contributed by atoms with van der Waals surface area (Å²) in [6.45, 7) is 17.4. The minimum Gasteiger partial charge on any atom is -0.395 e. The van der Waals surface area contributed by atoms with Crippen molar-refractivity contribution in [2.24, 2.45) is 11.3 Å². The molecule has 0 bridgehead atoms. The van der Waals surface area contributed by atoms with Crippen molar-refractivity contribution in [1.29, 1.82) is 0 Å². The van der Waals surface area contributed by atoms with Gasteiger partial charge in [0.1, 0.15) is 0 Å². The number of hydrogen-bond acceptors (Lipinski definition) is 4. The number of likely N-dealkylation sites (tertiary alicyclic amines) is 1. The van der Waals surface area contributed by atoms with E-state index in [1.807, 2.05) is 27.7 Å². The standard InChI is InChI=1S/C10H19NO.C7H13NO2.2C2H6/c1-2-9-3-5-11(6-4-9)10-7-12-8-10;1-7(5-9)3-2-4-8-6(7)10;2*1-2/h9-10H,2-8H2,1H3;9H,2-5H2,1H3,(H,8,10);2*1-2H3. The lowest BCUT2D eigenvalue weighted by Gasteiger charge is -2.41. The third-order valence-electron chi connectivity index (χ3n) is 5.45. The Morgan fingerprint density at radius 1 is 1.19 bits per heavy atom. The van der Waals surface area contributed by atoms with E-state index in [-0.39, 0.29) is 12.5 Å². The molecule has 3 rings (SSSR count). The van der Waals surface area contributed by atoms with Crippen LogP contribution in [0.15, 0.2) is 0 Å². The molecule has 0 aliphatic carbocycles. The number of amides is 1. The van der Waals surface area contributed by atoms with E-state index >= 15 is 0 Å². The molecule has 1 amide bonds. The fraction of sp³-hybridized carbons (Fsp3) is 0.952. The summed E-state index contributed by atoms with van der Waals surface area (Å²) in [6.07, 6.45) is 5.97. The number of carbonyl (C=O) groups is 1. The average Bonchev–Trinajstić information content (AvgIpc) is 2.67. The summed E-state index contributed by atoms with van der Waals surface area (Å²) in [7, 11) is 0. The molecule has 3 fully saturated rings. The normalized spacial score (nSPS) is 26.7. The summed E-state index contributed by atoms with van der Waals surface area (Å²) in [5.74, 6) is 0.989. The largest absolute Gasteiger partial charge is 0.395 e. The summed E-state index contributed by atoms with van der Waals surface area (Å²) in [5, 5.41) is 11.6. The van der Waals surface area contributed by atoms with Crippen LogP contribution in [0.2, 0.25) is 0 Å². The number of piperidine rings is 2. The quantitative estimate of drug-likeness (QED) is 0.796. The summed E-state index contributed by atoms with van der Waals surface area (Å²) < 4.78 is 5.20. The van der Waals surface area contributed by atoms with Crippen molar-refractivity contribution >= 4 is 5.91 Å². The van der Waals surface area contributed by atoms with Gasteiger partial charge in [0.2, 0.25) is 5.91 Å². The molecule has 2 N–H and O–H groups in total. The van der Waals surface area contributed by atoms with Gasteiger partial charge in [-0.05, 0) is 51.6 Å². The molecular formula is C21H44N2O3. The van der Waals surface area contributed by atoms with Crippen LogP contribution < -0.4 is 5.32 Å². The summed E-state index contributed by atoms with van der Waals surface area (Å²) in [4.78, 5) is 13.7. The van der Waals surface area contributed by atoms with Gasteiger partial charge in [0, 0.05) is 6.54 Å². The predicted molar refractivity (Wildman–Crippen MR) is 109 cm³/mol. The SMILES string of the molecule is CC.CC.CC1(CO)CCCNC1=O.CCC1CCN(C2COC2)CC1. The van der Waals surface area contributed by atoms with Crippen LogP contribution in [0.1, 0.15) is 73.6 Å². The first-order valence-corrected chi connectivity index (χ1v) is 10.8. The van der Waals surface area contributed by atoms with Crippen LogP contribution in [0.3, 0.4) is 0 Å². The number of carbonyl (C=O) groups excluding carboxylic acids is 1. The van der Waals surface area contributed by atoms with Crippen molar-refractivity contribution in [2.45, 2.75) is 79.7 Å². The van der Waals surface area contributed by atoms with E-state index in [9.17, 15) is 4.79 Å². The second-order valence-electron chi connectivity index (χ2n) is 7.16. The zero-order valence-corrected chi connectivity index (χ0v) is 18.1. The molecule has 0 saturated carbocycles. The molecule has 0 spiro atoms. The number of hydrogen-bond donors (Lipinski definition) is 2. The zero-order valence-electron chi connectivity index (χ0n) is 18.1. The summed E-state index contributed by atoms with van der Waals surface area (Å²) >= 11 is 0. The van der Waals surface area contributed by atoms with Gasteiger partial charge in [0.05, 0.1) is 31.3 Å². The summed E-state index contributed by atoms with van der Waals surface area (Å²) in [5.41, 5.74) is -0.516. The Hall–Kier alpha value is -0.650. The van der Waals surface area contributed by atoms with Crippen LogP contribution in [0.25, 0.3) is 0 Å². The van der Waals surface area contributed by atoms with Gasteiger partial charge in [-0.15, -0.1) is 0 Å². The Morgan fingerprint density at radius 3 is 2.12 bits per heavy atom. The highest BCUT2D eigenvalue weighted by Gasteiger charge is 2.34. The molecule has 3 aliphatic rings. The lowest BCUT2D eigenvalue weighted by Crippen LogP contribution is -2.51. The predicted octanol–water partition coefficient (Wildman–Crippen LogP) is 3.45. The molecule has 5 heteroatoms. The average molecular weight is 373 g/mol. The Morgan fingerprint density at radius 2 is 1.77 bits per heavy atom. The van der Waals surface area contributed by atoms with E-state index in [1.165, 1.54) is 32.4 Å². The van der Waals surface area contributed by atoms with Gasteiger partial charge in [-0.1, -0.05) is 41.0 Å². The molecule has 156 valence electrons. The van der Waals surface area contributed by atoms with Crippen LogP contribution in [0.5, 0.6) is 0 Å². The second kappa shape index (κ2) is 14.4. The van der Waals surface area contributed by atoms with E-state index in [1.54, 1.807) is 6.92 Å². The van der Waals surface area contributed by atoms with Crippen molar-refractivity contribution in [3.63, 3.8) is 0 Å². The van der Waals surface area contributed by atoms with E-state index in [0.29, 0.717) is 0 Å². The van der Waals surface area contributed by atoms with Crippen LogP contribution in [0.4, 0.5) is 0 Å². The van der Waals surface area contributed by atoms with Gasteiger partial charge in [0.15, 0.2) is 0 Å². The molecule has 1 atom stereocenters. The fourth-order valence-electron chi connectivity index (χ4n) is 3.32. The molecule has 0 aromatic rings. The van der Waals surface area contributed by atoms with Crippen molar-refractivity contribution in [3.8, 4) is 0 Å². The van der Waals surface area contributed by atoms with Gasteiger partial charge in [-0.2, -0.15) is 0 Å². The number of aliphatic hydroxyl groups excluding tert-OH is 1. The van der Waals surface area contributed by atoms with Gasteiger partial charge in [-0.3, -0.25) is 9.69 Å². The highest BCUT2D eigenvalue weighted by molar-refractivity contribution is 5.82. The van der Waals surface area contributed by atoms with Gasteiger partial charge >= 0.3 is 0 Å². The number of ether oxygens (including phenoxy) is 1. The van der Waals surface area contributed by atoms with Crippen LogP contribution in [-0.2, 0) is 9.53 Å². The van der Waals surface area contributed by atoms with Crippen molar-refractivity contribution in [1.82, 2.24) is 10.2 Å². The van der Waals surface area contributed by atoms with Crippen molar-refractivity contribution < 1.29 is 14.6 Å². The lowest BCUT2D eigenvalue weighted by atomic mass is 9.83. The Labute approximate surface area is 161 Å². The van der Waals surface area contributed by atoms with Crippen LogP contribution in [0, 0.1) is 11.3 Å². The van der Waals surface area contributed by atoms with Crippen molar-refractivity contribution in [3.05, 3.63) is 0 Å². The number of aliphatic hydroxyl groups is 1. The van der Waals surface area contributed by atoms with Gasteiger partial charge in [0.25, 0.3) is 0 Å². The summed E-state index contributed by atoms with van der Waals surface area (Å²) in [6, 6.07) is 0.766. The highest BCUT2D eigenvalue weighted by atomic mass is 16.5. The molecule has 0 radical (unpaired) electrons. The highest BCUT2D eigenvalue weighted by Crippen LogP contribution is 2.25. The number of nitrogens with zero attached hydrogens (tertiary/aromatic N) is 1.